The highest BCUT2D eigenvalue weighted by Gasteiger charge is 2.29. The molecule has 1 N–H and O–H groups in total. The van der Waals surface area contributed by atoms with Crippen LogP contribution in [0.5, 0.6) is 0 Å². The predicted octanol–water partition coefficient (Wildman–Crippen LogP) is 0.169. The second-order valence-electron chi connectivity index (χ2n) is 5.86. The second-order valence-corrected chi connectivity index (χ2v) is 8.09. The quantitative estimate of drug-likeness (QED) is 0.369. The molecule has 0 aliphatic carbocycles. The van der Waals surface area contributed by atoms with Crippen molar-refractivity contribution in [1.29, 1.82) is 0 Å². The molecule has 0 spiro atoms. The SMILES string of the molecule is CCNC(=NCC1CCS(=O)(=O)C1)N1CCN(CC)C(=O)C1.I. The summed E-state index contributed by atoms with van der Waals surface area (Å²) in [5.41, 5.74) is 0. The number of amides is 1. The number of guanidine groups is 1. The first-order valence-electron chi connectivity index (χ1n) is 7.96. The number of hydrogen-bond donors (Lipinski definition) is 1. The Bertz CT molecular complexity index is 538. The highest BCUT2D eigenvalue weighted by Crippen LogP contribution is 2.18. The van der Waals surface area contributed by atoms with Gasteiger partial charge in [0.25, 0.3) is 0 Å². The van der Waals surface area contributed by atoms with Crippen molar-refractivity contribution in [3.8, 4) is 0 Å². The number of carbonyl (C=O) groups excluding carboxylic acids is 1. The molecule has 1 unspecified atom stereocenters. The van der Waals surface area contributed by atoms with Gasteiger partial charge in [-0.05, 0) is 26.2 Å². The smallest absolute Gasteiger partial charge is 0.242 e. The molecular formula is C14H27IN4O3S. The third-order valence-corrected chi connectivity index (χ3v) is 6.00. The number of likely N-dealkylation sites (N-methyl/N-ethyl adjacent to an activating group) is 1. The minimum atomic E-state index is -2.86. The first kappa shape index (κ1) is 20.5. The highest BCUT2D eigenvalue weighted by molar-refractivity contribution is 14.0. The lowest BCUT2D eigenvalue weighted by Crippen LogP contribution is -2.55. The summed E-state index contributed by atoms with van der Waals surface area (Å²) in [5, 5.41) is 3.21. The number of nitrogens with zero attached hydrogens (tertiary/aromatic N) is 3. The van der Waals surface area contributed by atoms with Gasteiger partial charge in [0.15, 0.2) is 15.8 Å². The molecule has 134 valence electrons. The third kappa shape index (κ3) is 5.77. The fourth-order valence-corrected chi connectivity index (χ4v) is 4.73. The Kier molecular flexibility index (Phi) is 8.05. The van der Waals surface area contributed by atoms with E-state index in [1.54, 1.807) is 0 Å². The van der Waals surface area contributed by atoms with Crippen molar-refractivity contribution >= 4 is 45.7 Å². The summed E-state index contributed by atoms with van der Waals surface area (Å²) < 4.78 is 23.0. The monoisotopic (exact) mass is 458 g/mol. The maximum atomic E-state index is 12.0. The molecule has 0 saturated carbocycles. The summed E-state index contributed by atoms with van der Waals surface area (Å²) in [6.45, 7) is 7.73. The van der Waals surface area contributed by atoms with E-state index in [2.05, 4.69) is 10.3 Å². The molecule has 0 aromatic rings. The number of hydrogen-bond acceptors (Lipinski definition) is 4. The first-order chi connectivity index (χ1) is 10.4. The Hall–Kier alpha value is -0.580. The van der Waals surface area contributed by atoms with Gasteiger partial charge in [-0.1, -0.05) is 0 Å². The molecule has 0 aromatic carbocycles. The molecule has 2 fully saturated rings. The van der Waals surface area contributed by atoms with Gasteiger partial charge in [-0.3, -0.25) is 9.79 Å². The molecule has 23 heavy (non-hydrogen) atoms. The van der Waals surface area contributed by atoms with E-state index >= 15 is 0 Å². The largest absolute Gasteiger partial charge is 0.357 e. The van der Waals surface area contributed by atoms with Crippen LogP contribution in [0, 0.1) is 5.92 Å². The minimum Gasteiger partial charge on any atom is -0.357 e. The zero-order valence-electron chi connectivity index (χ0n) is 13.8. The van der Waals surface area contributed by atoms with Crippen molar-refractivity contribution in [2.24, 2.45) is 10.9 Å². The maximum absolute atomic E-state index is 12.0. The average molecular weight is 458 g/mol. The summed E-state index contributed by atoms with van der Waals surface area (Å²) in [5.74, 6) is 1.44. The molecule has 2 rings (SSSR count). The molecule has 2 heterocycles. The van der Waals surface area contributed by atoms with Crippen LogP contribution in [0.15, 0.2) is 4.99 Å². The number of aliphatic imine (C=N–C) groups is 1. The van der Waals surface area contributed by atoms with Gasteiger partial charge in [0.05, 0.1) is 18.1 Å². The van der Waals surface area contributed by atoms with Crippen molar-refractivity contribution in [1.82, 2.24) is 15.1 Å². The number of carbonyl (C=O) groups is 1. The van der Waals surface area contributed by atoms with E-state index in [0.29, 0.717) is 26.1 Å². The van der Waals surface area contributed by atoms with Crippen molar-refractivity contribution in [3.05, 3.63) is 0 Å². The van der Waals surface area contributed by atoms with Gasteiger partial charge in [-0.15, -0.1) is 24.0 Å². The second kappa shape index (κ2) is 9.05. The molecule has 2 aliphatic rings. The first-order valence-corrected chi connectivity index (χ1v) is 9.78. The van der Waals surface area contributed by atoms with Crippen LogP contribution in [0.2, 0.25) is 0 Å². The Morgan fingerprint density at radius 1 is 1.35 bits per heavy atom. The summed E-state index contributed by atoms with van der Waals surface area (Å²) >= 11 is 0. The lowest BCUT2D eigenvalue weighted by molar-refractivity contribution is -0.134. The van der Waals surface area contributed by atoms with Crippen molar-refractivity contribution in [2.45, 2.75) is 20.3 Å². The summed E-state index contributed by atoms with van der Waals surface area (Å²) in [6.07, 6.45) is 0.688. The van der Waals surface area contributed by atoms with E-state index in [1.807, 2.05) is 23.6 Å². The molecule has 0 radical (unpaired) electrons. The molecule has 2 aliphatic heterocycles. The zero-order valence-corrected chi connectivity index (χ0v) is 17.0. The van der Waals surface area contributed by atoms with Crippen LogP contribution >= 0.6 is 24.0 Å². The van der Waals surface area contributed by atoms with E-state index in [0.717, 1.165) is 25.6 Å². The lowest BCUT2D eigenvalue weighted by Gasteiger charge is -2.35. The van der Waals surface area contributed by atoms with Crippen molar-refractivity contribution < 1.29 is 13.2 Å². The molecule has 0 bridgehead atoms. The van der Waals surface area contributed by atoms with E-state index in [-0.39, 0.29) is 47.3 Å². The average Bonchev–Trinajstić information content (AvgIpc) is 2.82. The van der Waals surface area contributed by atoms with Crippen LogP contribution in [-0.4, -0.2) is 80.9 Å². The Morgan fingerprint density at radius 3 is 2.61 bits per heavy atom. The van der Waals surface area contributed by atoms with Gasteiger partial charge in [-0.2, -0.15) is 0 Å². The third-order valence-electron chi connectivity index (χ3n) is 4.16. The predicted molar refractivity (Wildman–Crippen MR) is 102 cm³/mol. The highest BCUT2D eigenvalue weighted by atomic mass is 127. The standard InChI is InChI=1S/C14H26N4O3S.HI/c1-3-15-14(16-9-12-5-8-22(20,21)11-12)18-7-6-17(4-2)13(19)10-18;/h12H,3-11H2,1-2H3,(H,15,16);1H. The van der Waals surface area contributed by atoms with Crippen LogP contribution in [0.1, 0.15) is 20.3 Å². The minimum absolute atomic E-state index is 0. The molecule has 7 nitrogen and oxygen atoms in total. The maximum Gasteiger partial charge on any atom is 0.242 e. The lowest BCUT2D eigenvalue weighted by atomic mass is 10.1. The Morgan fingerprint density at radius 2 is 2.09 bits per heavy atom. The number of piperazine rings is 1. The molecule has 2 saturated heterocycles. The van der Waals surface area contributed by atoms with E-state index < -0.39 is 9.84 Å². The van der Waals surface area contributed by atoms with Crippen LogP contribution in [0.25, 0.3) is 0 Å². The number of sulfone groups is 1. The van der Waals surface area contributed by atoms with E-state index in [9.17, 15) is 13.2 Å². The molecule has 9 heteroatoms. The van der Waals surface area contributed by atoms with Crippen LogP contribution < -0.4 is 5.32 Å². The Labute approximate surface area is 155 Å². The van der Waals surface area contributed by atoms with E-state index in [1.165, 1.54) is 0 Å². The van der Waals surface area contributed by atoms with Gasteiger partial charge in [-0.25, -0.2) is 8.42 Å². The van der Waals surface area contributed by atoms with Crippen LogP contribution in [0.3, 0.4) is 0 Å². The molecule has 0 aromatic heterocycles. The normalized spacial score (nSPS) is 24.5. The van der Waals surface area contributed by atoms with Crippen LogP contribution in [-0.2, 0) is 14.6 Å². The topological polar surface area (TPSA) is 82.1 Å². The van der Waals surface area contributed by atoms with Gasteiger partial charge in [0.2, 0.25) is 5.91 Å². The van der Waals surface area contributed by atoms with Gasteiger partial charge >= 0.3 is 0 Å². The van der Waals surface area contributed by atoms with Gasteiger partial charge in [0, 0.05) is 32.7 Å². The summed E-state index contributed by atoms with van der Waals surface area (Å²) in [4.78, 5) is 20.4. The summed E-state index contributed by atoms with van der Waals surface area (Å²) in [7, 11) is -2.86. The fourth-order valence-electron chi connectivity index (χ4n) is 2.88. The Balaban J connectivity index is 0.00000264. The number of rotatable bonds is 4. The summed E-state index contributed by atoms with van der Waals surface area (Å²) in [6, 6.07) is 0. The molecular weight excluding hydrogens is 431 g/mol. The molecule has 1 atom stereocenters. The van der Waals surface area contributed by atoms with Crippen molar-refractivity contribution in [3.63, 3.8) is 0 Å². The van der Waals surface area contributed by atoms with Crippen LogP contribution in [0.4, 0.5) is 0 Å². The zero-order chi connectivity index (χ0) is 16.2. The number of nitrogens with one attached hydrogen (secondary N) is 1. The fraction of sp³-hybridized carbons (Fsp3) is 0.857. The van der Waals surface area contributed by atoms with E-state index in [4.69, 9.17) is 0 Å². The van der Waals surface area contributed by atoms with Gasteiger partial charge < -0.3 is 15.1 Å². The van der Waals surface area contributed by atoms with Gasteiger partial charge in [0.1, 0.15) is 0 Å². The molecule has 1 amide bonds. The number of halogens is 1. The van der Waals surface area contributed by atoms with Crippen molar-refractivity contribution in [2.75, 3.05) is 50.8 Å².